The Balaban J connectivity index is 3.15. The van der Waals surface area contributed by atoms with Crippen molar-refractivity contribution in [2.45, 2.75) is 40.0 Å². The highest BCUT2D eigenvalue weighted by atomic mass is 35.5. The van der Waals surface area contributed by atoms with Crippen LogP contribution in [0.15, 0.2) is 24.3 Å². The van der Waals surface area contributed by atoms with Gasteiger partial charge >= 0.3 is 7.60 Å². The Labute approximate surface area is 132 Å². The summed E-state index contributed by atoms with van der Waals surface area (Å²) in [6, 6.07) is 5.31. The molecule has 118 valence electrons. The van der Waals surface area contributed by atoms with Gasteiger partial charge < -0.3 is 9.05 Å². The Kier molecular flexibility index (Phi) is 8.28. The molecule has 0 bridgehead atoms. The largest absolute Gasteiger partial charge is 0.361 e. The van der Waals surface area contributed by atoms with E-state index in [9.17, 15) is 4.57 Å². The molecule has 0 aliphatic heterocycles. The smallest absolute Gasteiger partial charge is 0.305 e. The number of allylic oxidation sites excluding steroid dienone is 1. The van der Waals surface area contributed by atoms with Crippen LogP contribution >= 0.6 is 19.2 Å². The Hall–Kier alpha value is -0.600. The lowest BCUT2D eigenvalue weighted by molar-refractivity contribution is 0.230. The molecule has 0 fully saturated rings. The van der Waals surface area contributed by atoms with E-state index in [2.05, 4.69) is 13.0 Å². The maximum Gasteiger partial charge on any atom is 0.361 e. The van der Waals surface area contributed by atoms with Gasteiger partial charge in [0.25, 0.3) is 0 Å². The summed E-state index contributed by atoms with van der Waals surface area (Å²) in [6.07, 6.45) is 7.32. The molecule has 1 aromatic rings. The van der Waals surface area contributed by atoms with Crippen LogP contribution in [-0.2, 0) is 13.6 Å². The van der Waals surface area contributed by atoms with E-state index in [-0.39, 0.29) is 0 Å². The molecular weight excluding hydrogens is 307 g/mol. The summed E-state index contributed by atoms with van der Waals surface area (Å²) in [5.41, 5.74) is 0.834. The summed E-state index contributed by atoms with van der Waals surface area (Å²) in [5.74, 6) is 0. The van der Waals surface area contributed by atoms with Crippen LogP contribution in [0, 0.1) is 0 Å². The number of unbranched alkanes of at least 4 members (excludes halogenated alkanes) is 2. The molecule has 21 heavy (non-hydrogen) atoms. The van der Waals surface area contributed by atoms with Gasteiger partial charge in [0.05, 0.1) is 18.5 Å². The third-order valence-electron chi connectivity index (χ3n) is 2.91. The van der Waals surface area contributed by atoms with Gasteiger partial charge in [0.1, 0.15) is 0 Å². The quantitative estimate of drug-likeness (QED) is 0.447. The van der Waals surface area contributed by atoms with Crippen molar-refractivity contribution < 1.29 is 13.6 Å². The molecule has 0 unspecified atom stereocenters. The average molecular weight is 331 g/mol. The molecule has 0 radical (unpaired) electrons. The predicted molar refractivity (Wildman–Crippen MR) is 90.5 cm³/mol. The molecular formula is C16H24ClO3P. The van der Waals surface area contributed by atoms with Gasteiger partial charge in [0.15, 0.2) is 0 Å². The molecule has 1 aromatic carbocycles. The summed E-state index contributed by atoms with van der Waals surface area (Å²) in [7, 11) is -3.33. The number of benzene rings is 1. The van der Waals surface area contributed by atoms with Crippen LogP contribution < -0.4 is 5.30 Å². The second-order valence-electron chi connectivity index (χ2n) is 4.58. The molecule has 0 saturated carbocycles. The van der Waals surface area contributed by atoms with Crippen LogP contribution in [0.3, 0.4) is 0 Å². The first kappa shape index (κ1) is 18.4. The van der Waals surface area contributed by atoms with Crippen molar-refractivity contribution in [1.82, 2.24) is 0 Å². The molecule has 3 nitrogen and oxygen atoms in total. The van der Waals surface area contributed by atoms with E-state index in [1.54, 1.807) is 26.0 Å². The highest BCUT2D eigenvalue weighted by Gasteiger charge is 2.29. The second kappa shape index (κ2) is 9.42. The molecule has 0 N–H and O–H groups in total. The molecule has 5 heteroatoms. The van der Waals surface area contributed by atoms with Gasteiger partial charge in [0.2, 0.25) is 0 Å². The van der Waals surface area contributed by atoms with Crippen molar-refractivity contribution in [3.63, 3.8) is 0 Å². The number of halogens is 1. The number of hydrogen-bond donors (Lipinski definition) is 0. The topological polar surface area (TPSA) is 35.5 Å². The fraction of sp³-hybridized carbons (Fsp3) is 0.500. The molecule has 0 aliphatic carbocycles. The highest BCUT2D eigenvalue weighted by molar-refractivity contribution is 7.62. The van der Waals surface area contributed by atoms with Crippen LogP contribution in [-0.4, -0.2) is 13.2 Å². The van der Waals surface area contributed by atoms with Crippen LogP contribution in [0.25, 0.3) is 6.08 Å². The Morgan fingerprint density at radius 2 is 1.86 bits per heavy atom. The van der Waals surface area contributed by atoms with Gasteiger partial charge in [-0.1, -0.05) is 49.6 Å². The van der Waals surface area contributed by atoms with Gasteiger partial charge in [0, 0.05) is 5.02 Å². The second-order valence-corrected chi connectivity index (χ2v) is 7.01. The van der Waals surface area contributed by atoms with Crippen LogP contribution in [0.5, 0.6) is 0 Å². The highest BCUT2D eigenvalue weighted by Crippen LogP contribution is 2.48. The third-order valence-corrected chi connectivity index (χ3v) is 5.32. The third kappa shape index (κ3) is 5.60. The van der Waals surface area contributed by atoms with Crippen molar-refractivity contribution in [3.8, 4) is 0 Å². The first-order valence-corrected chi connectivity index (χ1v) is 9.35. The minimum Gasteiger partial charge on any atom is -0.305 e. The fourth-order valence-electron chi connectivity index (χ4n) is 1.94. The molecule has 1 rings (SSSR count). The molecule has 0 amide bonds. The first-order chi connectivity index (χ1) is 10.1. The maximum absolute atomic E-state index is 12.9. The summed E-state index contributed by atoms with van der Waals surface area (Å²) in [4.78, 5) is 0. The first-order valence-electron chi connectivity index (χ1n) is 7.43. The van der Waals surface area contributed by atoms with Crippen molar-refractivity contribution in [2.75, 3.05) is 13.2 Å². The average Bonchev–Trinajstić information content (AvgIpc) is 2.45. The summed E-state index contributed by atoms with van der Waals surface area (Å²) in [6.45, 7) is 6.39. The normalized spacial score (nSPS) is 12.2. The molecule has 0 aromatic heterocycles. The minimum absolute atomic E-state index is 0.322. The summed E-state index contributed by atoms with van der Waals surface area (Å²) >= 11 is 6.05. The fourth-order valence-corrected chi connectivity index (χ4v) is 3.99. The molecule has 0 heterocycles. The van der Waals surface area contributed by atoms with Gasteiger partial charge in [-0.3, -0.25) is 4.57 Å². The van der Waals surface area contributed by atoms with Gasteiger partial charge in [-0.25, -0.2) is 0 Å². The number of hydrogen-bond acceptors (Lipinski definition) is 3. The van der Waals surface area contributed by atoms with Crippen LogP contribution in [0.2, 0.25) is 5.02 Å². The maximum atomic E-state index is 12.9. The Morgan fingerprint density at radius 3 is 2.43 bits per heavy atom. The monoisotopic (exact) mass is 330 g/mol. The molecule has 0 spiro atoms. The molecule has 0 saturated heterocycles. The Bertz CT molecular complexity index is 504. The molecule has 0 aliphatic rings. The summed E-state index contributed by atoms with van der Waals surface area (Å²) < 4.78 is 23.8. The van der Waals surface area contributed by atoms with Crippen molar-refractivity contribution in [1.29, 1.82) is 0 Å². The van der Waals surface area contributed by atoms with Crippen LogP contribution in [0.1, 0.15) is 45.6 Å². The van der Waals surface area contributed by atoms with E-state index in [1.165, 1.54) is 0 Å². The van der Waals surface area contributed by atoms with E-state index < -0.39 is 7.60 Å². The van der Waals surface area contributed by atoms with E-state index in [4.69, 9.17) is 20.6 Å². The predicted octanol–water partition coefficient (Wildman–Crippen LogP) is 5.43. The lowest BCUT2D eigenvalue weighted by Gasteiger charge is -2.19. The van der Waals surface area contributed by atoms with E-state index >= 15 is 0 Å². The lowest BCUT2D eigenvalue weighted by Crippen LogP contribution is -2.14. The molecule has 0 atom stereocenters. The van der Waals surface area contributed by atoms with Crippen LogP contribution in [0.4, 0.5) is 0 Å². The SMILES string of the molecule is CCCC/C=C/c1ccc(Cl)cc1P(=O)(OCC)OCC. The zero-order valence-corrected chi connectivity index (χ0v) is 14.6. The summed E-state index contributed by atoms with van der Waals surface area (Å²) in [5, 5.41) is 1.06. The van der Waals surface area contributed by atoms with E-state index in [0.717, 1.165) is 24.8 Å². The van der Waals surface area contributed by atoms with E-state index in [1.807, 2.05) is 12.1 Å². The minimum atomic E-state index is -3.33. The lowest BCUT2D eigenvalue weighted by atomic mass is 10.1. The number of rotatable bonds is 9. The van der Waals surface area contributed by atoms with Crippen molar-refractivity contribution >= 4 is 30.6 Å². The van der Waals surface area contributed by atoms with E-state index in [0.29, 0.717) is 23.5 Å². The van der Waals surface area contributed by atoms with Gasteiger partial charge in [-0.2, -0.15) is 0 Å². The zero-order valence-electron chi connectivity index (χ0n) is 13.0. The van der Waals surface area contributed by atoms with Crippen molar-refractivity contribution in [2.24, 2.45) is 0 Å². The van der Waals surface area contributed by atoms with Crippen molar-refractivity contribution in [3.05, 3.63) is 34.9 Å². The Morgan fingerprint density at radius 1 is 1.19 bits per heavy atom. The van der Waals surface area contributed by atoms with Gasteiger partial charge in [-0.15, -0.1) is 0 Å². The zero-order chi connectivity index (χ0) is 15.7. The van der Waals surface area contributed by atoms with Gasteiger partial charge in [-0.05, 0) is 38.0 Å². The standard InChI is InChI=1S/C16H24ClO3P/c1-4-7-8-9-10-14-11-12-15(17)13-16(14)21(18,19-5-2)20-6-3/h9-13H,4-8H2,1-3H3/b10-9+.